The lowest BCUT2D eigenvalue weighted by Gasteiger charge is -2.41. The van der Waals surface area contributed by atoms with Crippen LogP contribution in [-0.4, -0.2) is 32.7 Å². The molecule has 0 aromatic carbocycles. The number of carbonyl (C=O) groups excluding carboxylic acids is 1. The first kappa shape index (κ1) is 16.4. The Bertz CT molecular complexity index is 452. The molecule has 0 N–H and O–H groups in total. The quantitative estimate of drug-likeness (QED) is 0.273. The number of fused-ring (bicyclic) bond motifs is 5. The average Bonchev–Trinajstić information content (AvgIpc) is 3.09. The molecule has 3 fully saturated rings. The minimum Gasteiger partial charge on any atom is -0.461 e. The first-order valence-corrected chi connectivity index (χ1v) is 10.5. The monoisotopic (exact) mass is 436 g/mol. The molecule has 0 radical (unpaired) electrons. The summed E-state index contributed by atoms with van der Waals surface area (Å²) in [6, 6.07) is 0. The molecule has 118 valence electrons. The summed E-state index contributed by atoms with van der Waals surface area (Å²) in [7, 11) is 0. The van der Waals surface area contributed by atoms with Crippen molar-refractivity contribution < 1.29 is 9.53 Å². The molecule has 6 unspecified atom stereocenters. The molecule has 0 aromatic rings. The molecule has 0 heterocycles. The van der Waals surface area contributed by atoms with E-state index in [1.807, 2.05) is 11.8 Å². The van der Waals surface area contributed by atoms with Gasteiger partial charge in [-0.1, -0.05) is 38.4 Å². The zero-order valence-electron chi connectivity index (χ0n) is 12.3. The molecular weight excluding hydrogens is 416 g/mol. The summed E-state index contributed by atoms with van der Waals surface area (Å²) in [6.07, 6.45) is 5.49. The van der Waals surface area contributed by atoms with Gasteiger partial charge in [-0.25, -0.2) is 4.79 Å². The van der Waals surface area contributed by atoms with Gasteiger partial charge in [-0.05, 0) is 50.4 Å². The Kier molecular flexibility index (Phi) is 4.83. The predicted molar refractivity (Wildman–Crippen MR) is 95.3 cm³/mol. The van der Waals surface area contributed by atoms with Gasteiger partial charge in [0.2, 0.25) is 0 Å². The third-order valence-electron chi connectivity index (χ3n) is 5.50. The second kappa shape index (κ2) is 6.20. The summed E-state index contributed by atoms with van der Waals surface area (Å²) in [6.45, 7) is 5.81. The van der Waals surface area contributed by atoms with Crippen LogP contribution >= 0.6 is 43.6 Å². The maximum absolute atomic E-state index is 11.5. The molecule has 2 bridgehead atoms. The molecule has 6 atom stereocenters. The first-order valence-electron chi connectivity index (χ1n) is 7.71. The minimum atomic E-state index is -0.266. The predicted octanol–water partition coefficient (Wildman–Crippen LogP) is 4.55. The van der Waals surface area contributed by atoms with Crippen LogP contribution in [0.1, 0.15) is 32.6 Å². The van der Waals surface area contributed by atoms with Gasteiger partial charge in [-0.2, -0.15) is 0 Å². The van der Waals surface area contributed by atoms with E-state index in [-0.39, 0.29) is 5.97 Å². The number of halogens is 2. The summed E-state index contributed by atoms with van der Waals surface area (Å²) in [4.78, 5) is 12.6. The number of rotatable bonds is 5. The number of hydrogen-bond donors (Lipinski definition) is 0. The second-order valence-electron chi connectivity index (χ2n) is 6.65. The van der Waals surface area contributed by atoms with E-state index >= 15 is 0 Å². The van der Waals surface area contributed by atoms with E-state index in [1.54, 1.807) is 6.92 Å². The number of carbonyl (C=O) groups is 1. The maximum atomic E-state index is 11.5. The van der Waals surface area contributed by atoms with Crippen molar-refractivity contribution in [2.75, 3.05) is 12.4 Å². The highest BCUT2D eigenvalue weighted by Gasteiger charge is 2.65. The molecule has 0 aliphatic heterocycles. The fraction of sp³-hybridized carbons (Fsp3) is 0.812. The van der Waals surface area contributed by atoms with Gasteiger partial charge in [-0.3, -0.25) is 0 Å². The molecule has 2 nitrogen and oxygen atoms in total. The SMILES string of the molecule is C=C(C)C(=O)OCCSC12C3CCC(C3)C1CC(Br)C2Br. The number of hydrogen-bond acceptors (Lipinski definition) is 3. The standard InChI is InChI=1S/C16H22Br2O2S/c1-9(2)15(19)20-5-6-21-16-11-4-3-10(7-11)12(16)8-13(17)14(16)18/h10-14H,1,3-8H2,2H3. The van der Waals surface area contributed by atoms with Crippen molar-refractivity contribution in [3.8, 4) is 0 Å². The van der Waals surface area contributed by atoms with E-state index in [2.05, 4.69) is 38.4 Å². The molecule has 0 aromatic heterocycles. The maximum Gasteiger partial charge on any atom is 0.333 e. The average molecular weight is 438 g/mol. The second-order valence-corrected chi connectivity index (χ2v) is 10.2. The number of ether oxygens (including phenoxy) is 1. The summed E-state index contributed by atoms with van der Waals surface area (Å²) in [5, 5.41) is 0. The Morgan fingerprint density at radius 2 is 2.14 bits per heavy atom. The topological polar surface area (TPSA) is 26.3 Å². The summed E-state index contributed by atoms with van der Waals surface area (Å²) < 4.78 is 5.62. The highest BCUT2D eigenvalue weighted by atomic mass is 79.9. The Morgan fingerprint density at radius 1 is 1.38 bits per heavy atom. The van der Waals surface area contributed by atoms with E-state index in [0.717, 1.165) is 23.5 Å². The lowest BCUT2D eigenvalue weighted by Crippen LogP contribution is -2.44. The van der Waals surface area contributed by atoms with Crippen LogP contribution in [0.2, 0.25) is 0 Å². The van der Waals surface area contributed by atoms with E-state index in [9.17, 15) is 4.79 Å². The number of esters is 1. The van der Waals surface area contributed by atoms with Gasteiger partial charge < -0.3 is 4.74 Å². The third-order valence-corrected chi connectivity index (χ3v) is 10.6. The van der Waals surface area contributed by atoms with Gasteiger partial charge >= 0.3 is 5.97 Å². The van der Waals surface area contributed by atoms with Crippen LogP contribution in [0.3, 0.4) is 0 Å². The van der Waals surface area contributed by atoms with E-state index < -0.39 is 0 Å². The summed E-state index contributed by atoms with van der Waals surface area (Å²) in [5.41, 5.74) is 0.482. The molecule has 21 heavy (non-hydrogen) atoms. The highest BCUT2D eigenvalue weighted by Crippen LogP contribution is 2.68. The van der Waals surface area contributed by atoms with Crippen LogP contribution in [-0.2, 0) is 9.53 Å². The minimum absolute atomic E-state index is 0.266. The van der Waals surface area contributed by atoms with Gasteiger partial charge in [0.25, 0.3) is 0 Å². The fourth-order valence-corrected chi connectivity index (χ4v) is 8.83. The van der Waals surface area contributed by atoms with Gasteiger partial charge in [-0.15, -0.1) is 11.8 Å². The van der Waals surface area contributed by atoms with E-state index in [4.69, 9.17) is 4.74 Å². The Morgan fingerprint density at radius 3 is 2.86 bits per heavy atom. The highest BCUT2D eigenvalue weighted by molar-refractivity contribution is 9.12. The zero-order valence-corrected chi connectivity index (χ0v) is 16.3. The van der Waals surface area contributed by atoms with Crippen molar-refractivity contribution in [2.45, 2.75) is 47.0 Å². The van der Waals surface area contributed by atoms with Crippen molar-refractivity contribution in [2.24, 2.45) is 17.8 Å². The number of thioether (sulfide) groups is 1. The zero-order chi connectivity index (χ0) is 15.2. The molecule has 3 saturated carbocycles. The fourth-order valence-electron chi connectivity index (χ4n) is 4.69. The lowest BCUT2D eigenvalue weighted by atomic mass is 9.81. The van der Waals surface area contributed by atoms with Gasteiger partial charge in [0.15, 0.2) is 0 Å². The molecule has 0 amide bonds. The van der Waals surface area contributed by atoms with Crippen LogP contribution in [0, 0.1) is 17.8 Å². The normalized spacial score (nSPS) is 43.9. The van der Waals surface area contributed by atoms with Crippen molar-refractivity contribution in [3.63, 3.8) is 0 Å². The number of alkyl halides is 2. The van der Waals surface area contributed by atoms with Gasteiger partial charge in [0, 0.05) is 25.7 Å². The van der Waals surface area contributed by atoms with E-state index in [0.29, 0.717) is 26.6 Å². The van der Waals surface area contributed by atoms with Crippen molar-refractivity contribution in [3.05, 3.63) is 12.2 Å². The van der Waals surface area contributed by atoms with Gasteiger partial charge in [0.1, 0.15) is 6.61 Å². The molecule has 3 rings (SSSR count). The first-order chi connectivity index (χ1) is 9.96. The molecule has 0 spiro atoms. The lowest BCUT2D eigenvalue weighted by molar-refractivity contribution is -0.138. The van der Waals surface area contributed by atoms with Crippen LogP contribution in [0.15, 0.2) is 12.2 Å². The summed E-state index contributed by atoms with van der Waals surface area (Å²) in [5.74, 6) is 3.20. The molecule has 3 aliphatic carbocycles. The van der Waals surface area contributed by atoms with Crippen LogP contribution in [0.5, 0.6) is 0 Å². The molecule has 3 aliphatic rings. The Balaban J connectivity index is 1.62. The Hall–Kier alpha value is 0.520. The Labute approximate surface area is 148 Å². The third kappa shape index (κ3) is 2.65. The van der Waals surface area contributed by atoms with Crippen molar-refractivity contribution in [1.29, 1.82) is 0 Å². The van der Waals surface area contributed by atoms with Crippen LogP contribution in [0.25, 0.3) is 0 Å². The van der Waals surface area contributed by atoms with Crippen LogP contribution < -0.4 is 0 Å². The van der Waals surface area contributed by atoms with E-state index in [1.165, 1.54) is 25.7 Å². The van der Waals surface area contributed by atoms with Crippen molar-refractivity contribution >= 4 is 49.6 Å². The summed E-state index contributed by atoms with van der Waals surface area (Å²) >= 11 is 9.90. The molecule has 5 heteroatoms. The smallest absolute Gasteiger partial charge is 0.333 e. The van der Waals surface area contributed by atoms with Crippen LogP contribution in [0.4, 0.5) is 0 Å². The van der Waals surface area contributed by atoms with Gasteiger partial charge in [0.05, 0.1) is 0 Å². The molecule has 0 saturated heterocycles. The van der Waals surface area contributed by atoms with Crippen molar-refractivity contribution in [1.82, 2.24) is 0 Å². The largest absolute Gasteiger partial charge is 0.461 e. The molecular formula is C16H22Br2O2S.